The zero-order valence-electron chi connectivity index (χ0n) is 14.6. The fourth-order valence-corrected chi connectivity index (χ4v) is 3.29. The summed E-state index contributed by atoms with van der Waals surface area (Å²) in [6, 6.07) is 2.01. The number of hydrogen-bond donors (Lipinski definition) is 2. The molecule has 1 atom stereocenters. The summed E-state index contributed by atoms with van der Waals surface area (Å²) in [5.41, 5.74) is 0.127. The average Bonchev–Trinajstić information content (AvgIpc) is 3.27. The Balaban J connectivity index is 2.06. The zero-order chi connectivity index (χ0) is 17.8. The third-order valence-corrected chi connectivity index (χ3v) is 4.53. The Morgan fingerprint density at radius 3 is 2.67 bits per heavy atom. The van der Waals surface area contributed by atoms with Gasteiger partial charge in [0.1, 0.15) is 5.60 Å². The van der Waals surface area contributed by atoms with E-state index in [9.17, 15) is 9.90 Å². The highest BCUT2D eigenvalue weighted by molar-refractivity contribution is 9.10. The summed E-state index contributed by atoms with van der Waals surface area (Å²) in [5, 5.41) is 13.0. The van der Waals surface area contributed by atoms with Gasteiger partial charge in [0.25, 0.3) is 0 Å². The van der Waals surface area contributed by atoms with E-state index in [1.165, 1.54) is 12.8 Å². The number of amides is 1. The molecular weight excluding hydrogens is 372 g/mol. The first-order valence-corrected chi connectivity index (χ1v) is 9.18. The minimum Gasteiger partial charge on any atom is -0.444 e. The van der Waals surface area contributed by atoms with E-state index < -0.39 is 11.7 Å². The van der Waals surface area contributed by atoms with Gasteiger partial charge in [0.2, 0.25) is 0 Å². The Morgan fingerprint density at radius 1 is 1.42 bits per heavy atom. The van der Waals surface area contributed by atoms with Crippen LogP contribution in [0.25, 0.3) is 0 Å². The summed E-state index contributed by atoms with van der Waals surface area (Å²) in [7, 11) is 0. The van der Waals surface area contributed by atoms with E-state index >= 15 is 0 Å². The van der Waals surface area contributed by atoms with E-state index in [1.54, 1.807) is 6.20 Å². The molecule has 1 amide bonds. The maximum absolute atomic E-state index is 12.0. The second-order valence-electron chi connectivity index (χ2n) is 7.85. The van der Waals surface area contributed by atoms with Crippen molar-refractivity contribution in [1.82, 2.24) is 10.3 Å². The largest absolute Gasteiger partial charge is 0.444 e. The van der Waals surface area contributed by atoms with Crippen LogP contribution in [0.15, 0.2) is 22.9 Å². The molecule has 1 aromatic heterocycles. The number of aromatic nitrogens is 1. The minimum atomic E-state index is -0.531. The van der Waals surface area contributed by atoms with Crippen molar-refractivity contribution in [3.8, 4) is 0 Å². The van der Waals surface area contributed by atoms with Crippen molar-refractivity contribution in [1.29, 1.82) is 0 Å². The summed E-state index contributed by atoms with van der Waals surface area (Å²) >= 11 is 3.44. The van der Waals surface area contributed by atoms with Crippen LogP contribution in [0.1, 0.15) is 45.6 Å². The number of nitrogens with one attached hydrogen (secondary N) is 1. The van der Waals surface area contributed by atoms with Crippen LogP contribution in [-0.4, -0.2) is 34.9 Å². The number of aliphatic hydroxyl groups excluding tert-OH is 1. The molecule has 1 heterocycles. The van der Waals surface area contributed by atoms with Crippen molar-refractivity contribution >= 4 is 22.0 Å². The molecule has 2 N–H and O–H groups in total. The average molecular weight is 399 g/mol. The highest BCUT2D eigenvalue weighted by Crippen LogP contribution is 2.41. The summed E-state index contributed by atoms with van der Waals surface area (Å²) in [6.07, 6.45) is 7.08. The van der Waals surface area contributed by atoms with Crippen molar-refractivity contribution in [2.24, 2.45) is 11.3 Å². The zero-order valence-corrected chi connectivity index (χ0v) is 16.2. The van der Waals surface area contributed by atoms with E-state index in [0.29, 0.717) is 18.9 Å². The smallest absolute Gasteiger partial charge is 0.407 e. The maximum atomic E-state index is 12.0. The van der Waals surface area contributed by atoms with Crippen molar-refractivity contribution in [2.75, 3.05) is 13.2 Å². The van der Waals surface area contributed by atoms with Crippen LogP contribution in [0, 0.1) is 11.3 Å². The lowest BCUT2D eigenvalue weighted by Crippen LogP contribution is -2.43. The number of pyridine rings is 1. The quantitative estimate of drug-likeness (QED) is 0.734. The van der Waals surface area contributed by atoms with Gasteiger partial charge in [0, 0.05) is 28.8 Å². The van der Waals surface area contributed by atoms with Gasteiger partial charge in [-0.05, 0) is 67.1 Å². The van der Waals surface area contributed by atoms with Gasteiger partial charge >= 0.3 is 6.09 Å². The van der Waals surface area contributed by atoms with Gasteiger partial charge in [-0.2, -0.15) is 0 Å². The van der Waals surface area contributed by atoms with Gasteiger partial charge in [-0.1, -0.05) is 12.8 Å². The highest BCUT2D eigenvalue weighted by Gasteiger charge is 2.37. The molecule has 2 rings (SSSR count). The fourth-order valence-electron chi connectivity index (χ4n) is 2.88. The van der Waals surface area contributed by atoms with Crippen molar-refractivity contribution in [3.63, 3.8) is 0 Å². The molecule has 5 nitrogen and oxygen atoms in total. The molecule has 1 aliphatic rings. The Bertz CT molecular complexity index is 570. The first-order valence-electron chi connectivity index (χ1n) is 8.38. The monoisotopic (exact) mass is 398 g/mol. The lowest BCUT2D eigenvalue weighted by atomic mass is 9.78. The van der Waals surface area contributed by atoms with Crippen LogP contribution in [0.2, 0.25) is 0 Å². The summed E-state index contributed by atoms with van der Waals surface area (Å²) in [4.78, 5) is 16.2. The molecule has 1 saturated carbocycles. The van der Waals surface area contributed by atoms with Gasteiger partial charge in [0.05, 0.1) is 6.61 Å². The molecule has 1 aromatic rings. The van der Waals surface area contributed by atoms with Gasteiger partial charge in [0.15, 0.2) is 0 Å². The Hall–Kier alpha value is -1.14. The second-order valence-corrected chi connectivity index (χ2v) is 8.76. The molecule has 6 heteroatoms. The van der Waals surface area contributed by atoms with Gasteiger partial charge in [-0.3, -0.25) is 4.98 Å². The molecule has 0 saturated heterocycles. The fraction of sp³-hybridized carbons (Fsp3) is 0.667. The highest BCUT2D eigenvalue weighted by atomic mass is 79.9. The lowest BCUT2D eigenvalue weighted by molar-refractivity contribution is 0.0449. The van der Waals surface area contributed by atoms with Crippen LogP contribution in [-0.2, 0) is 11.2 Å². The number of carbonyl (C=O) groups is 1. The predicted octanol–water partition coefficient (Wildman–Crippen LogP) is 3.69. The minimum absolute atomic E-state index is 0.0197. The molecule has 0 aliphatic heterocycles. The molecule has 0 radical (unpaired) electrons. The van der Waals surface area contributed by atoms with Crippen LogP contribution < -0.4 is 5.32 Å². The van der Waals surface area contributed by atoms with E-state index in [1.807, 2.05) is 33.0 Å². The molecule has 1 unspecified atom stereocenters. The summed E-state index contributed by atoms with van der Waals surface area (Å²) in [5.74, 6) is 0.637. The van der Waals surface area contributed by atoms with Gasteiger partial charge in [-0.25, -0.2) is 4.79 Å². The first-order chi connectivity index (χ1) is 11.2. The Morgan fingerprint density at radius 2 is 2.12 bits per heavy atom. The normalized spacial score (nSPS) is 17.2. The van der Waals surface area contributed by atoms with Crippen LogP contribution >= 0.6 is 15.9 Å². The number of halogens is 1. The van der Waals surface area contributed by atoms with Crippen molar-refractivity contribution < 1.29 is 14.6 Å². The molecule has 1 fully saturated rings. The van der Waals surface area contributed by atoms with Crippen molar-refractivity contribution in [3.05, 3.63) is 28.5 Å². The van der Waals surface area contributed by atoms with Crippen LogP contribution in [0.3, 0.4) is 0 Å². The molecule has 134 valence electrons. The number of rotatable bonds is 7. The number of carbonyl (C=O) groups excluding carboxylic acids is 1. The SMILES string of the molecule is CC(C)(C)OC(=O)NCC(CO)(Cc1cncc(Br)c1)CC1CC1. The van der Waals surface area contributed by atoms with E-state index in [0.717, 1.165) is 16.5 Å². The van der Waals surface area contributed by atoms with Crippen LogP contribution in [0.4, 0.5) is 4.79 Å². The number of aliphatic hydroxyl groups is 1. The van der Waals surface area contributed by atoms with E-state index in [4.69, 9.17) is 4.74 Å². The molecular formula is C18H27BrN2O3. The predicted molar refractivity (Wildman–Crippen MR) is 96.7 cm³/mol. The molecule has 0 bridgehead atoms. The molecule has 24 heavy (non-hydrogen) atoms. The third kappa shape index (κ3) is 6.40. The Labute approximate surface area is 152 Å². The van der Waals surface area contributed by atoms with Gasteiger partial charge < -0.3 is 15.2 Å². The van der Waals surface area contributed by atoms with E-state index in [2.05, 4.69) is 26.2 Å². The molecule has 1 aliphatic carbocycles. The third-order valence-electron chi connectivity index (χ3n) is 4.10. The Kier molecular flexibility index (Phi) is 6.26. The van der Waals surface area contributed by atoms with E-state index in [-0.39, 0.29) is 12.0 Å². The number of hydrogen-bond acceptors (Lipinski definition) is 4. The second kappa shape index (κ2) is 7.83. The van der Waals surface area contributed by atoms with Crippen molar-refractivity contribution in [2.45, 2.75) is 52.1 Å². The molecule has 0 spiro atoms. The summed E-state index contributed by atoms with van der Waals surface area (Å²) in [6.45, 7) is 5.92. The summed E-state index contributed by atoms with van der Waals surface area (Å²) < 4.78 is 6.23. The standard InChI is InChI=1S/C18H27BrN2O3/c1-17(2,3)24-16(23)21-11-18(12-22,7-13-4-5-13)8-14-6-15(19)10-20-9-14/h6,9-10,13,22H,4-5,7-8,11-12H2,1-3H3,(H,21,23). The number of nitrogens with zero attached hydrogens (tertiary/aromatic N) is 1. The lowest BCUT2D eigenvalue weighted by Gasteiger charge is -2.33. The maximum Gasteiger partial charge on any atom is 0.407 e. The molecule has 0 aromatic carbocycles. The number of alkyl carbamates (subject to hydrolysis) is 1. The van der Waals surface area contributed by atoms with Gasteiger partial charge in [-0.15, -0.1) is 0 Å². The number of ether oxygens (including phenoxy) is 1. The topological polar surface area (TPSA) is 71.5 Å². The first kappa shape index (κ1) is 19.2. The van der Waals surface area contributed by atoms with Crippen LogP contribution in [0.5, 0.6) is 0 Å².